The predicted octanol–water partition coefficient (Wildman–Crippen LogP) is 5.67. The van der Waals surface area contributed by atoms with Gasteiger partial charge >= 0.3 is 7.32 Å². The number of unbranched alkanes of at least 4 members (excludes halogenated alkanes) is 1. The van der Waals surface area contributed by atoms with Crippen LogP contribution in [0, 0.1) is 0 Å². The second-order valence-electron chi connectivity index (χ2n) is 8.26. The Kier molecular flexibility index (Phi) is 13.0. The van der Waals surface area contributed by atoms with Crippen LogP contribution in [0.15, 0.2) is 91.0 Å². The lowest BCUT2D eigenvalue weighted by Crippen LogP contribution is -2.26. The minimum Gasteiger partial charge on any atom is -0.402 e. The lowest BCUT2D eigenvalue weighted by atomic mass is 10.1. The fourth-order valence-corrected chi connectivity index (χ4v) is 2.51. The summed E-state index contributed by atoms with van der Waals surface area (Å²) in [6.45, 7) is 8.33. The molecule has 3 rings (SSSR count). The lowest BCUT2D eigenvalue weighted by Gasteiger charge is -2.25. The van der Waals surface area contributed by atoms with Crippen LogP contribution in [-0.2, 0) is 4.65 Å². The van der Waals surface area contributed by atoms with E-state index in [1.165, 1.54) is 17.1 Å². The molecule has 0 aromatic heterocycles. The van der Waals surface area contributed by atoms with Crippen molar-refractivity contribution in [2.45, 2.75) is 46.1 Å². The highest BCUT2D eigenvalue weighted by Gasteiger charge is 2.10. The molecule has 4 N–H and O–H groups in total. The molecule has 0 heterocycles. The van der Waals surface area contributed by atoms with Crippen LogP contribution in [0.3, 0.4) is 0 Å². The Labute approximate surface area is 193 Å². The Morgan fingerprint density at radius 1 is 0.750 bits per heavy atom. The molecule has 6 heteroatoms. The first-order valence-corrected chi connectivity index (χ1v) is 10.9. The van der Waals surface area contributed by atoms with E-state index in [0.29, 0.717) is 6.61 Å². The van der Waals surface area contributed by atoms with Crippen LogP contribution in [0.25, 0.3) is 0 Å². The van der Waals surface area contributed by atoms with Gasteiger partial charge in [0.1, 0.15) is 0 Å². The van der Waals surface area contributed by atoms with Gasteiger partial charge in [0, 0.05) is 29.2 Å². The van der Waals surface area contributed by atoms with Crippen molar-refractivity contribution in [3.8, 4) is 0 Å². The van der Waals surface area contributed by atoms with Crippen molar-refractivity contribution in [1.82, 2.24) is 0 Å². The van der Waals surface area contributed by atoms with Crippen molar-refractivity contribution in [1.29, 1.82) is 0 Å². The lowest BCUT2D eigenvalue weighted by molar-refractivity contribution is 0.183. The van der Waals surface area contributed by atoms with Crippen molar-refractivity contribution in [2.24, 2.45) is 5.73 Å². The molecular weight excluding hydrogens is 399 g/mol. The van der Waals surface area contributed by atoms with E-state index >= 15 is 0 Å². The Morgan fingerprint density at radius 3 is 1.31 bits per heavy atom. The zero-order valence-electron chi connectivity index (χ0n) is 19.7. The van der Waals surface area contributed by atoms with Gasteiger partial charge in [-0.25, -0.2) is 0 Å². The van der Waals surface area contributed by atoms with E-state index in [2.05, 4.69) is 82.4 Å². The number of benzene rings is 3. The second kappa shape index (κ2) is 15.2. The first-order chi connectivity index (χ1) is 15.2. The number of anilines is 3. The zero-order chi connectivity index (χ0) is 23.8. The molecule has 0 aliphatic heterocycles. The maximum Gasteiger partial charge on any atom is 0.633 e. The van der Waals surface area contributed by atoms with Crippen LogP contribution in [0.2, 0.25) is 0 Å². The molecule has 32 heavy (non-hydrogen) atoms. The molecule has 0 amide bonds. The minimum absolute atomic E-state index is 0. The monoisotopic (exact) mass is 436 g/mol. The van der Waals surface area contributed by atoms with Gasteiger partial charge in [0.05, 0.1) is 0 Å². The van der Waals surface area contributed by atoms with Crippen molar-refractivity contribution in [3.63, 3.8) is 0 Å². The van der Waals surface area contributed by atoms with Gasteiger partial charge in [-0.15, -0.1) is 0 Å². The average molecular weight is 436 g/mol. The quantitative estimate of drug-likeness (QED) is 0.328. The summed E-state index contributed by atoms with van der Waals surface area (Å²) >= 11 is 0. The second-order valence-corrected chi connectivity index (χ2v) is 8.26. The molecule has 0 saturated carbocycles. The number of nitrogens with two attached hydrogens (primary N) is 1. The molecule has 0 radical (unpaired) electrons. The highest BCUT2D eigenvalue weighted by Crippen LogP contribution is 2.33. The molecule has 3 aromatic rings. The van der Waals surface area contributed by atoms with E-state index in [0.717, 1.165) is 12.8 Å². The summed E-state index contributed by atoms with van der Waals surface area (Å²) < 4.78 is 4.39. The smallest absolute Gasteiger partial charge is 0.402 e. The van der Waals surface area contributed by atoms with E-state index in [-0.39, 0.29) is 5.54 Å². The molecule has 3 aromatic carbocycles. The maximum absolute atomic E-state index is 8.11. The van der Waals surface area contributed by atoms with Gasteiger partial charge < -0.3 is 25.3 Å². The summed E-state index contributed by atoms with van der Waals surface area (Å²) in [5.74, 6) is 0. The molecule has 0 aliphatic rings. The van der Waals surface area contributed by atoms with Crippen molar-refractivity contribution in [3.05, 3.63) is 91.0 Å². The van der Waals surface area contributed by atoms with Gasteiger partial charge in [0.15, 0.2) is 0 Å². The molecule has 0 spiro atoms. The topological polar surface area (TPSA) is 79.0 Å². The fraction of sp³-hybridized carbons (Fsp3) is 0.308. The van der Waals surface area contributed by atoms with Crippen LogP contribution in [0.4, 0.5) is 17.1 Å². The van der Waals surface area contributed by atoms with Gasteiger partial charge in [-0.2, -0.15) is 0 Å². The van der Waals surface area contributed by atoms with Crippen LogP contribution < -0.4 is 10.6 Å². The maximum atomic E-state index is 8.11. The van der Waals surface area contributed by atoms with E-state index in [4.69, 9.17) is 15.8 Å². The van der Waals surface area contributed by atoms with Crippen molar-refractivity contribution in [2.75, 3.05) is 11.5 Å². The van der Waals surface area contributed by atoms with Crippen molar-refractivity contribution < 1.29 is 14.7 Å². The van der Waals surface area contributed by atoms with Crippen LogP contribution in [-0.4, -0.2) is 29.5 Å². The molecule has 0 unspecified atom stereocenters. The van der Waals surface area contributed by atoms with Gasteiger partial charge in [0.2, 0.25) is 0 Å². The van der Waals surface area contributed by atoms with Crippen LogP contribution >= 0.6 is 0 Å². The molecule has 172 valence electrons. The van der Waals surface area contributed by atoms with E-state index in [1.807, 2.05) is 45.9 Å². The van der Waals surface area contributed by atoms with E-state index in [9.17, 15) is 0 Å². The van der Waals surface area contributed by atoms with Crippen molar-refractivity contribution >= 4 is 24.4 Å². The summed E-state index contributed by atoms with van der Waals surface area (Å²) in [6.07, 6.45) is 1.88. The number of hydrogen-bond acceptors (Lipinski definition) is 5. The highest BCUT2D eigenvalue weighted by atomic mass is 16.6. The Bertz CT molecular complexity index is 726. The number of nitrogens with zero attached hydrogens (tertiary/aromatic N) is 1. The standard InChI is InChI=1S/C18H15N.C4H11BO3.C4H11N/c1-4-10-16(11-5-1)19(17-12-6-2-7-13-17)18-14-8-3-9-15-18;1-2-3-4-8-5(6)7;1-4(2,3)5/h1-15H;6-7H,2-4H2,1H3;5H2,1-3H3. The van der Waals surface area contributed by atoms with Gasteiger partial charge in [-0.3, -0.25) is 0 Å². The predicted molar refractivity (Wildman–Crippen MR) is 136 cm³/mol. The molecular formula is C26H37BN2O3. The minimum atomic E-state index is -1.60. The Morgan fingerprint density at radius 2 is 1.06 bits per heavy atom. The molecule has 0 fully saturated rings. The number of rotatable bonds is 7. The third-order valence-corrected chi connectivity index (χ3v) is 3.81. The first kappa shape index (κ1) is 27.4. The molecule has 0 bridgehead atoms. The molecule has 0 aliphatic carbocycles. The van der Waals surface area contributed by atoms with E-state index < -0.39 is 7.32 Å². The van der Waals surface area contributed by atoms with Gasteiger partial charge in [-0.1, -0.05) is 67.9 Å². The Balaban J connectivity index is 0.000000329. The van der Waals surface area contributed by atoms with Gasteiger partial charge in [-0.05, 0) is 63.6 Å². The van der Waals surface area contributed by atoms with Gasteiger partial charge in [0.25, 0.3) is 0 Å². The average Bonchev–Trinajstić information content (AvgIpc) is 2.76. The SMILES string of the molecule is CC(C)(C)N.CCCCOB(O)O.c1ccc(N(c2ccccc2)c2ccccc2)cc1. The molecule has 0 saturated heterocycles. The third-order valence-electron chi connectivity index (χ3n) is 3.81. The summed E-state index contributed by atoms with van der Waals surface area (Å²) in [5.41, 5.74) is 8.85. The fourth-order valence-electron chi connectivity index (χ4n) is 2.51. The number of hydrogen-bond donors (Lipinski definition) is 3. The molecule has 0 atom stereocenters. The highest BCUT2D eigenvalue weighted by molar-refractivity contribution is 6.32. The summed E-state index contributed by atoms with van der Waals surface area (Å²) in [5, 5.41) is 16.2. The van der Waals surface area contributed by atoms with Crippen LogP contribution in [0.1, 0.15) is 40.5 Å². The summed E-state index contributed by atoms with van der Waals surface area (Å²) in [4.78, 5) is 2.25. The normalized spacial score (nSPS) is 10.2. The third kappa shape index (κ3) is 12.9. The Hall–Kier alpha value is -2.64. The summed E-state index contributed by atoms with van der Waals surface area (Å²) in [7, 11) is -1.60. The zero-order valence-corrected chi connectivity index (χ0v) is 19.7. The summed E-state index contributed by atoms with van der Waals surface area (Å²) in [6, 6.07) is 31.3. The van der Waals surface area contributed by atoms with E-state index in [1.54, 1.807) is 0 Å². The largest absolute Gasteiger partial charge is 0.633 e. The van der Waals surface area contributed by atoms with Crippen LogP contribution in [0.5, 0.6) is 0 Å². The first-order valence-electron chi connectivity index (χ1n) is 10.9. The molecule has 5 nitrogen and oxygen atoms in total. The number of para-hydroxylation sites is 3.